The van der Waals surface area contributed by atoms with Crippen LogP contribution in [-0.4, -0.2) is 41.2 Å². The predicted molar refractivity (Wildman–Crippen MR) is 103 cm³/mol. The lowest BCUT2D eigenvalue weighted by Crippen LogP contribution is -2.44. The van der Waals surface area contributed by atoms with E-state index < -0.39 is 0 Å². The molecule has 0 aliphatic carbocycles. The molecule has 26 heavy (non-hydrogen) atoms. The SMILES string of the molecule is O=C1CC2(CCN(C(=O)c3ccsc3)CC2)CN1Cc1ccc(Cl)cc1. The molecule has 1 aromatic carbocycles. The van der Waals surface area contributed by atoms with Gasteiger partial charge in [-0.1, -0.05) is 23.7 Å². The Balaban J connectivity index is 1.38. The minimum absolute atomic E-state index is 0.0228. The van der Waals surface area contributed by atoms with Crippen LogP contribution in [0.3, 0.4) is 0 Å². The van der Waals surface area contributed by atoms with Gasteiger partial charge in [0.25, 0.3) is 5.91 Å². The van der Waals surface area contributed by atoms with Crippen LogP contribution in [0.5, 0.6) is 0 Å². The number of likely N-dealkylation sites (tertiary alicyclic amines) is 2. The van der Waals surface area contributed by atoms with Gasteiger partial charge in [-0.2, -0.15) is 11.3 Å². The van der Waals surface area contributed by atoms with Gasteiger partial charge in [-0.25, -0.2) is 0 Å². The maximum Gasteiger partial charge on any atom is 0.254 e. The molecule has 0 radical (unpaired) electrons. The lowest BCUT2D eigenvalue weighted by molar-refractivity contribution is -0.128. The lowest BCUT2D eigenvalue weighted by atomic mass is 9.77. The van der Waals surface area contributed by atoms with E-state index in [1.165, 1.54) is 0 Å². The number of halogens is 1. The number of piperidine rings is 1. The number of hydrogen-bond acceptors (Lipinski definition) is 3. The molecule has 4 nitrogen and oxygen atoms in total. The van der Waals surface area contributed by atoms with Gasteiger partial charge >= 0.3 is 0 Å². The van der Waals surface area contributed by atoms with Crippen LogP contribution in [0.4, 0.5) is 0 Å². The molecule has 6 heteroatoms. The van der Waals surface area contributed by atoms with Gasteiger partial charge in [0.1, 0.15) is 0 Å². The summed E-state index contributed by atoms with van der Waals surface area (Å²) in [6.45, 7) is 2.89. The third-order valence-electron chi connectivity index (χ3n) is 5.57. The molecule has 2 aliphatic rings. The Hall–Kier alpha value is -1.85. The zero-order valence-electron chi connectivity index (χ0n) is 14.5. The van der Waals surface area contributed by atoms with E-state index in [-0.39, 0.29) is 17.2 Å². The number of benzene rings is 1. The first-order valence-corrected chi connectivity index (χ1v) is 10.2. The lowest BCUT2D eigenvalue weighted by Gasteiger charge is -2.38. The molecule has 1 aromatic heterocycles. The summed E-state index contributed by atoms with van der Waals surface area (Å²) in [5, 5.41) is 4.54. The van der Waals surface area contributed by atoms with Gasteiger partial charge < -0.3 is 9.80 Å². The average molecular weight is 389 g/mol. The van der Waals surface area contributed by atoms with Gasteiger partial charge in [-0.05, 0) is 42.0 Å². The molecule has 0 saturated carbocycles. The topological polar surface area (TPSA) is 40.6 Å². The van der Waals surface area contributed by atoms with Gasteiger partial charge in [0.15, 0.2) is 0 Å². The summed E-state index contributed by atoms with van der Waals surface area (Å²) in [7, 11) is 0. The predicted octanol–water partition coefficient (Wildman–Crippen LogP) is 4.06. The molecule has 2 fully saturated rings. The van der Waals surface area contributed by atoms with Crippen molar-refractivity contribution in [3.05, 3.63) is 57.2 Å². The minimum atomic E-state index is 0.0228. The second-order valence-corrected chi connectivity index (χ2v) is 8.57. The van der Waals surface area contributed by atoms with Crippen LogP contribution >= 0.6 is 22.9 Å². The zero-order chi connectivity index (χ0) is 18.1. The Kier molecular flexibility index (Phi) is 4.76. The largest absolute Gasteiger partial charge is 0.339 e. The fraction of sp³-hybridized carbons (Fsp3) is 0.400. The Morgan fingerprint density at radius 2 is 1.88 bits per heavy atom. The molecule has 2 saturated heterocycles. The summed E-state index contributed by atoms with van der Waals surface area (Å²) >= 11 is 7.48. The number of thiophene rings is 1. The summed E-state index contributed by atoms with van der Waals surface area (Å²) in [5.41, 5.74) is 1.90. The van der Waals surface area contributed by atoms with E-state index in [1.807, 2.05) is 50.9 Å². The van der Waals surface area contributed by atoms with Crippen molar-refractivity contribution >= 4 is 34.8 Å². The second kappa shape index (κ2) is 7.05. The summed E-state index contributed by atoms with van der Waals surface area (Å²) in [6.07, 6.45) is 2.39. The molecule has 4 rings (SSSR count). The first kappa shape index (κ1) is 17.6. The highest BCUT2D eigenvalue weighted by Crippen LogP contribution is 2.41. The molecule has 0 atom stereocenters. The van der Waals surface area contributed by atoms with Crippen molar-refractivity contribution in [2.24, 2.45) is 5.41 Å². The first-order chi connectivity index (χ1) is 12.5. The van der Waals surface area contributed by atoms with Gasteiger partial charge in [0, 0.05) is 48.4 Å². The van der Waals surface area contributed by atoms with Crippen molar-refractivity contribution in [1.82, 2.24) is 9.80 Å². The Labute approximate surface area is 162 Å². The molecule has 0 N–H and O–H groups in total. The van der Waals surface area contributed by atoms with E-state index >= 15 is 0 Å². The second-order valence-electron chi connectivity index (χ2n) is 7.36. The summed E-state index contributed by atoms with van der Waals surface area (Å²) in [5.74, 6) is 0.334. The van der Waals surface area contributed by atoms with Crippen LogP contribution in [-0.2, 0) is 11.3 Å². The Morgan fingerprint density at radius 1 is 1.15 bits per heavy atom. The molecule has 2 amide bonds. The van der Waals surface area contributed by atoms with Crippen LogP contribution < -0.4 is 0 Å². The van der Waals surface area contributed by atoms with Crippen LogP contribution in [0.1, 0.15) is 35.2 Å². The number of nitrogens with zero attached hydrogens (tertiary/aromatic N) is 2. The fourth-order valence-corrected chi connectivity index (χ4v) is 4.78. The van der Waals surface area contributed by atoms with Crippen molar-refractivity contribution in [3.63, 3.8) is 0 Å². The number of amides is 2. The highest BCUT2D eigenvalue weighted by atomic mass is 35.5. The molecule has 0 unspecified atom stereocenters. The normalized spacial score (nSPS) is 19.3. The van der Waals surface area contributed by atoms with E-state index in [1.54, 1.807) is 11.3 Å². The number of rotatable bonds is 3. The standard InChI is InChI=1S/C20H21ClN2O2S/c21-17-3-1-15(2-4-17)12-23-14-20(11-18(23)24)6-8-22(9-7-20)19(25)16-5-10-26-13-16/h1-5,10,13H,6-9,11-12,14H2. The smallest absolute Gasteiger partial charge is 0.254 e. The minimum Gasteiger partial charge on any atom is -0.339 e. The molecule has 3 heterocycles. The highest BCUT2D eigenvalue weighted by molar-refractivity contribution is 7.08. The van der Waals surface area contributed by atoms with E-state index in [2.05, 4.69) is 0 Å². The number of carbonyl (C=O) groups is 2. The average Bonchev–Trinajstić information content (AvgIpc) is 3.26. The maximum atomic E-state index is 12.5. The summed E-state index contributed by atoms with van der Waals surface area (Å²) in [6, 6.07) is 9.55. The van der Waals surface area contributed by atoms with Gasteiger partial charge in [-0.15, -0.1) is 0 Å². The van der Waals surface area contributed by atoms with Crippen LogP contribution in [0, 0.1) is 5.41 Å². The van der Waals surface area contributed by atoms with Crippen molar-refractivity contribution in [3.8, 4) is 0 Å². The van der Waals surface area contributed by atoms with Crippen molar-refractivity contribution in [1.29, 1.82) is 0 Å². The Bertz CT molecular complexity index is 796. The Morgan fingerprint density at radius 3 is 2.54 bits per heavy atom. The van der Waals surface area contributed by atoms with Crippen molar-refractivity contribution in [2.75, 3.05) is 19.6 Å². The molecule has 0 bridgehead atoms. The summed E-state index contributed by atoms with van der Waals surface area (Å²) < 4.78 is 0. The highest BCUT2D eigenvalue weighted by Gasteiger charge is 2.45. The van der Waals surface area contributed by atoms with Gasteiger partial charge in [0.2, 0.25) is 5.91 Å². The fourth-order valence-electron chi connectivity index (χ4n) is 4.02. The quantitative estimate of drug-likeness (QED) is 0.795. The molecule has 2 aromatic rings. The first-order valence-electron chi connectivity index (χ1n) is 8.88. The number of carbonyl (C=O) groups excluding carboxylic acids is 2. The van der Waals surface area contributed by atoms with Gasteiger partial charge in [0.05, 0.1) is 5.56 Å². The molecular weight excluding hydrogens is 368 g/mol. The molecule has 2 aliphatic heterocycles. The van der Waals surface area contributed by atoms with Crippen LogP contribution in [0.2, 0.25) is 5.02 Å². The monoisotopic (exact) mass is 388 g/mol. The van der Waals surface area contributed by atoms with Crippen molar-refractivity contribution < 1.29 is 9.59 Å². The van der Waals surface area contributed by atoms with E-state index in [0.717, 1.165) is 43.6 Å². The van der Waals surface area contributed by atoms with E-state index in [9.17, 15) is 9.59 Å². The third-order valence-corrected chi connectivity index (χ3v) is 6.51. The van der Waals surface area contributed by atoms with Crippen LogP contribution in [0.15, 0.2) is 41.1 Å². The van der Waals surface area contributed by atoms with E-state index in [4.69, 9.17) is 11.6 Å². The van der Waals surface area contributed by atoms with E-state index in [0.29, 0.717) is 18.0 Å². The molecule has 1 spiro atoms. The zero-order valence-corrected chi connectivity index (χ0v) is 16.1. The van der Waals surface area contributed by atoms with Gasteiger partial charge in [-0.3, -0.25) is 9.59 Å². The van der Waals surface area contributed by atoms with Crippen molar-refractivity contribution in [2.45, 2.75) is 25.8 Å². The maximum absolute atomic E-state index is 12.5. The molecular formula is C20H21ClN2O2S. The third kappa shape index (κ3) is 3.51. The summed E-state index contributed by atoms with van der Waals surface area (Å²) in [4.78, 5) is 28.9. The van der Waals surface area contributed by atoms with Crippen LogP contribution in [0.25, 0.3) is 0 Å². The number of hydrogen-bond donors (Lipinski definition) is 0. The molecule has 136 valence electrons.